The number of halogens is 1. The number of alkyl halides is 1. The zero-order chi connectivity index (χ0) is 10.4. The SMILES string of the molecule is NCCCN1CC[C@@H](O)[C@H](CCF)C1. The van der Waals surface area contributed by atoms with Crippen LogP contribution in [0.3, 0.4) is 0 Å². The average molecular weight is 204 g/mol. The van der Waals surface area contributed by atoms with Crippen molar-refractivity contribution < 1.29 is 9.50 Å². The van der Waals surface area contributed by atoms with Gasteiger partial charge in [-0.25, -0.2) is 0 Å². The fourth-order valence-electron chi connectivity index (χ4n) is 2.04. The molecule has 0 aliphatic carbocycles. The molecule has 1 aliphatic heterocycles. The molecular weight excluding hydrogens is 183 g/mol. The van der Waals surface area contributed by atoms with Crippen LogP contribution >= 0.6 is 0 Å². The molecule has 0 aromatic heterocycles. The van der Waals surface area contributed by atoms with E-state index in [1.165, 1.54) is 0 Å². The van der Waals surface area contributed by atoms with Crippen LogP contribution in [0.5, 0.6) is 0 Å². The maximum Gasteiger partial charge on any atom is 0.0898 e. The number of aliphatic hydroxyl groups is 1. The Morgan fingerprint density at radius 2 is 2.29 bits per heavy atom. The predicted molar refractivity (Wildman–Crippen MR) is 54.8 cm³/mol. The Morgan fingerprint density at radius 1 is 1.50 bits per heavy atom. The quantitative estimate of drug-likeness (QED) is 0.680. The Hall–Kier alpha value is -0.190. The molecule has 1 aliphatic rings. The summed E-state index contributed by atoms with van der Waals surface area (Å²) in [6.45, 7) is 3.10. The molecule has 0 spiro atoms. The number of hydrogen-bond acceptors (Lipinski definition) is 3. The third-order valence-electron chi connectivity index (χ3n) is 2.94. The third kappa shape index (κ3) is 3.52. The fourth-order valence-corrected chi connectivity index (χ4v) is 2.04. The second kappa shape index (κ2) is 6.32. The molecule has 1 rings (SSSR count). The van der Waals surface area contributed by atoms with Crippen LogP contribution in [0.15, 0.2) is 0 Å². The van der Waals surface area contributed by atoms with Gasteiger partial charge in [-0.3, -0.25) is 4.39 Å². The molecule has 0 aromatic carbocycles. The fraction of sp³-hybridized carbons (Fsp3) is 1.00. The van der Waals surface area contributed by atoms with E-state index < -0.39 is 0 Å². The van der Waals surface area contributed by atoms with E-state index in [1.807, 2.05) is 0 Å². The smallest absolute Gasteiger partial charge is 0.0898 e. The number of rotatable bonds is 5. The minimum Gasteiger partial charge on any atom is -0.393 e. The van der Waals surface area contributed by atoms with E-state index in [-0.39, 0.29) is 18.7 Å². The highest BCUT2D eigenvalue weighted by molar-refractivity contribution is 4.79. The van der Waals surface area contributed by atoms with Gasteiger partial charge in [-0.1, -0.05) is 0 Å². The van der Waals surface area contributed by atoms with Gasteiger partial charge < -0.3 is 15.7 Å². The van der Waals surface area contributed by atoms with E-state index in [0.29, 0.717) is 13.0 Å². The van der Waals surface area contributed by atoms with Crippen molar-refractivity contribution in [2.24, 2.45) is 11.7 Å². The van der Waals surface area contributed by atoms with Crippen molar-refractivity contribution >= 4 is 0 Å². The number of likely N-dealkylation sites (tertiary alicyclic amines) is 1. The topological polar surface area (TPSA) is 49.5 Å². The van der Waals surface area contributed by atoms with Gasteiger partial charge >= 0.3 is 0 Å². The van der Waals surface area contributed by atoms with Crippen LogP contribution < -0.4 is 5.73 Å². The van der Waals surface area contributed by atoms with E-state index in [1.54, 1.807) is 0 Å². The number of hydrogen-bond donors (Lipinski definition) is 2. The molecule has 14 heavy (non-hydrogen) atoms. The molecule has 3 N–H and O–H groups in total. The normalized spacial score (nSPS) is 29.4. The minimum atomic E-state index is -0.327. The van der Waals surface area contributed by atoms with Crippen LogP contribution in [0.2, 0.25) is 0 Å². The molecular formula is C10H21FN2O. The Kier molecular flexibility index (Phi) is 5.37. The van der Waals surface area contributed by atoms with E-state index in [4.69, 9.17) is 5.73 Å². The van der Waals surface area contributed by atoms with E-state index >= 15 is 0 Å². The molecule has 0 bridgehead atoms. The predicted octanol–water partition coefficient (Wildman–Crippen LogP) is 0.378. The van der Waals surface area contributed by atoms with Crippen molar-refractivity contribution in [3.63, 3.8) is 0 Å². The van der Waals surface area contributed by atoms with Gasteiger partial charge in [-0.05, 0) is 32.4 Å². The Bertz CT molecular complexity index is 155. The van der Waals surface area contributed by atoms with Crippen LogP contribution in [-0.4, -0.2) is 49.0 Å². The number of nitrogens with two attached hydrogens (primary N) is 1. The van der Waals surface area contributed by atoms with Gasteiger partial charge in [-0.2, -0.15) is 0 Å². The van der Waals surface area contributed by atoms with E-state index in [0.717, 1.165) is 32.5 Å². The highest BCUT2D eigenvalue weighted by atomic mass is 19.1. The lowest BCUT2D eigenvalue weighted by atomic mass is 9.92. The van der Waals surface area contributed by atoms with Crippen LogP contribution in [0.25, 0.3) is 0 Å². The second-order valence-corrected chi connectivity index (χ2v) is 4.04. The molecule has 1 fully saturated rings. The van der Waals surface area contributed by atoms with Gasteiger partial charge in [-0.15, -0.1) is 0 Å². The molecule has 0 radical (unpaired) electrons. The van der Waals surface area contributed by atoms with Gasteiger partial charge in [0.25, 0.3) is 0 Å². The monoisotopic (exact) mass is 204 g/mol. The summed E-state index contributed by atoms with van der Waals surface area (Å²) in [4.78, 5) is 2.28. The van der Waals surface area contributed by atoms with Crippen molar-refractivity contribution in [1.82, 2.24) is 4.90 Å². The first-order chi connectivity index (χ1) is 6.77. The Morgan fingerprint density at radius 3 is 2.93 bits per heavy atom. The van der Waals surface area contributed by atoms with Gasteiger partial charge in [0.05, 0.1) is 12.8 Å². The van der Waals surface area contributed by atoms with Gasteiger partial charge in [0, 0.05) is 19.0 Å². The molecule has 1 saturated heterocycles. The first-order valence-corrected chi connectivity index (χ1v) is 5.44. The van der Waals surface area contributed by atoms with Crippen molar-refractivity contribution in [1.29, 1.82) is 0 Å². The first-order valence-electron chi connectivity index (χ1n) is 5.44. The number of aliphatic hydroxyl groups excluding tert-OH is 1. The zero-order valence-electron chi connectivity index (χ0n) is 8.66. The van der Waals surface area contributed by atoms with Crippen molar-refractivity contribution in [3.05, 3.63) is 0 Å². The molecule has 2 atom stereocenters. The third-order valence-corrected chi connectivity index (χ3v) is 2.94. The summed E-state index contributed by atoms with van der Waals surface area (Å²) in [5, 5.41) is 9.63. The van der Waals surface area contributed by atoms with Crippen LogP contribution in [0.1, 0.15) is 19.3 Å². The Labute approximate surface area is 85.1 Å². The molecule has 4 heteroatoms. The van der Waals surface area contributed by atoms with Gasteiger partial charge in [0.15, 0.2) is 0 Å². The maximum atomic E-state index is 12.2. The highest BCUT2D eigenvalue weighted by Crippen LogP contribution is 2.20. The lowest BCUT2D eigenvalue weighted by molar-refractivity contribution is 0.0201. The lowest BCUT2D eigenvalue weighted by Crippen LogP contribution is -2.43. The standard InChI is InChI=1S/C10H21FN2O/c11-4-2-9-8-13(6-1-5-12)7-3-10(9)14/h9-10,14H,1-8,12H2/t9-,10-/m1/s1. The maximum absolute atomic E-state index is 12.2. The summed E-state index contributed by atoms with van der Waals surface area (Å²) < 4.78 is 12.2. The molecule has 0 amide bonds. The summed E-state index contributed by atoms with van der Waals surface area (Å²) in [7, 11) is 0. The number of piperidine rings is 1. The molecule has 0 aromatic rings. The molecule has 3 nitrogen and oxygen atoms in total. The van der Waals surface area contributed by atoms with Gasteiger partial charge in [0.1, 0.15) is 0 Å². The molecule has 84 valence electrons. The first kappa shape index (κ1) is 11.9. The summed E-state index contributed by atoms with van der Waals surface area (Å²) in [6, 6.07) is 0. The number of nitrogens with zero attached hydrogens (tertiary/aromatic N) is 1. The van der Waals surface area contributed by atoms with Gasteiger partial charge in [0.2, 0.25) is 0 Å². The molecule has 0 unspecified atom stereocenters. The summed E-state index contributed by atoms with van der Waals surface area (Å²) in [5.74, 6) is 0.117. The highest BCUT2D eigenvalue weighted by Gasteiger charge is 2.26. The summed E-state index contributed by atoms with van der Waals surface area (Å²) in [6.07, 6.45) is 1.94. The van der Waals surface area contributed by atoms with Crippen molar-refractivity contribution in [2.75, 3.05) is 32.9 Å². The summed E-state index contributed by atoms with van der Waals surface area (Å²) >= 11 is 0. The Balaban J connectivity index is 2.29. The average Bonchev–Trinajstić information content (AvgIpc) is 2.19. The lowest BCUT2D eigenvalue weighted by Gasteiger charge is -2.35. The second-order valence-electron chi connectivity index (χ2n) is 4.04. The van der Waals surface area contributed by atoms with E-state index in [2.05, 4.69) is 4.90 Å². The van der Waals surface area contributed by atoms with Crippen LogP contribution in [0.4, 0.5) is 4.39 Å². The minimum absolute atomic E-state index is 0.117. The molecule has 0 saturated carbocycles. The van der Waals surface area contributed by atoms with Crippen LogP contribution in [-0.2, 0) is 0 Å². The summed E-state index contributed by atoms with van der Waals surface area (Å²) in [5.41, 5.74) is 5.43. The van der Waals surface area contributed by atoms with Crippen molar-refractivity contribution in [2.45, 2.75) is 25.4 Å². The largest absolute Gasteiger partial charge is 0.393 e. The molecule has 1 heterocycles. The van der Waals surface area contributed by atoms with E-state index in [9.17, 15) is 9.50 Å². The van der Waals surface area contributed by atoms with Crippen LogP contribution in [0, 0.1) is 5.92 Å². The van der Waals surface area contributed by atoms with Crippen molar-refractivity contribution in [3.8, 4) is 0 Å². The zero-order valence-corrected chi connectivity index (χ0v) is 8.66.